The third kappa shape index (κ3) is 4.50. The minimum Gasteiger partial charge on any atom is -0.347 e. The van der Waals surface area contributed by atoms with Crippen molar-refractivity contribution in [3.63, 3.8) is 0 Å². The van der Waals surface area contributed by atoms with Crippen molar-refractivity contribution in [2.75, 3.05) is 30.9 Å². The Hall–Kier alpha value is -3.64. The van der Waals surface area contributed by atoms with Crippen LogP contribution in [-0.4, -0.2) is 50.5 Å². The largest absolute Gasteiger partial charge is 0.347 e. The summed E-state index contributed by atoms with van der Waals surface area (Å²) in [7, 11) is 3.86. The van der Waals surface area contributed by atoms with E-state index in [9.17, 15) is 0 Å². The molecule has 3 aromatic rings. The van der Waals surface area contributed by atoms with Crippen LogP contribution in [0, 0.1) is 11.3 Å². The average Bonchev–Trinajstić information content (AvgIpc) is 3.23. The van der Waals surface area contributed by atoms with Crippen molar-refractivity contribution in [3.8, 4) is 6.07 Å². The van der Waals surface area contributed by atoms with Gasteiger partial charge in [0.1, 0.15) is 11.8 Å². The lowest BCUT2D eigenvalue weighted by atomic mass is 10.1. The van der Waals surface area contributed by atoms with Crippen LogP contribution in [-0.2, 0) is 6.54 Å². The smallest absolute Gasteiger partial charge is 0.227 e. The molecule has 4 rings (SSSR count). The second-order valence-electron chi connectivity index (χ2n) is 7.39. The van der Waals surface area contributed by atoms with Gasteiger partial charge in [0.05, 0.1) is 23.6 Å². The third-order valence-corrected chi connectivity index (χ3v) is 4.99. The molecule has 0 radical (unpaired) electrons. The molecule has 1 saturated heterocycles. The van der Waals surface area contributed by atoms with Gasteiger partial charge in [-0.3, -0.25) is 4.90 Å². The molecule has 1 atom stereocenters. The molecule has 0 amide bonds. The highest BCUT2D eigenvalue weighted by molar-refractivity contribution is 5.52. The molecule has 152 valence electrons. The van der Waals surface area contributed by atoms with Gasteiger partial charge in [-0.2, -0.15) is 5.26 Å². The Balaban J connectivity index is 1.47. The first-order chi connectivity index (χ1) is 14.6. The fourth-order valence-corrected chi connectivity index (χ4v) is 3.53. The summed E-state index contributed by atoms with van der Waals surface area (Å²) in [6, 6.07) is 7.66. The zero-order chi connectivity index (χ0) is 20.9. The summed E-state index contributed by atoms with van der Waals surface area (Å²) < 4.78 is 0. The van der Waals surface area contributed by atoms with E-state index in [1.165, 1.54) is 0 Å². The molecular weight excluding hydrogens is 378 g/mol. The second kappa shape index (κ2) is 8.80. The lowest BCUT2D eigenvalue weighted by Crippen LogP contribution is -2.24. The maximum Gasteiger partial charge on any atom is 0.227 e. The summed E-state index contributed by atoms with van der Waals surface area (Å²) in [5.41, 5.74) is 3.19. The van der Waals surface area contributed by atoms with E-state index >= 15 is 0 Å². The van der Waals surface area contributed by atoms with Gasteiger partial charge in [-0.15, -0.1) is 0 Å². The molecule has 0 saturated carbocycles. The first-order valence-electron chi connectivity index (χ1n) is 9.81. The Morgan fingerprint density at radius 2 is 1.97 bits per heavy atom. The number of pyridine rings is 1. The van der Waals surface area contributed by atoms with Crippen LogP contribution in [0.25, 0.3) is 0 Å². The van der Waals surface area contributed by atoms with Gasteiger partial charge in [0, 0.05) is 44.8 Å². The highest BCUT2D eigenvalue weighted by atomic mass is 15.2. The second-order valence-corrected chi connectivity index (χ2v) is 7.39. The van der Waals surface area contributed by atoms with E-state index in [1.54, 1.807) is 24.5 Å². The van der Waals surface area contributed by atoms with Gasteiger partial charge in [0.25, 0.3) is 0 Å². The van der Waals surface area contributed by atoms with Crippen molar-refractivity contribution in [2.45, 2.75) is 25.4 Å². The lowest BCUT2D eigenvalue weighted by Gasteiger charge is -2.24. The Kier molecular flexibility index (Phi) is 5.77. The molecule has 3 aromatic heterocycles. The predicted octanol–water partition coefficient (Wildman–Crippen LogP) is 2.68. The van der Waals surface area contributed by atoms with Gasteiger partial charge in [0.15, 0.2) is 0 Å². The Labute approximate surface area is 175 Å². The van der Waals surface area contributed by atoms with Gasteiger partial charge < -0.3 is 10.2 Å². The maximum absolute atomic E-state index is 8.87. The van der Waals surface area contributed by atoms with Crippen LogP contribution in [0.2, 0.25) is 0 Å². The lowest BCUT2D eigenvalue weighted by molar-refractivity contribution is 0.244. The van der Waals surface area contributed by atoms with Crippen LogP contribution in [0.5, 0.6) is 0 Å². The standard InChI is InChI=1S/C21H23N9/c1-29(2)21-25-11-15(12-26-21)14-30-9-3-4-19(30)18-7-8-23-20(28-18)27-17-6-5-16(10-22)24-13-17/h5-8,11-13,19H,3-4,9,14H2,1-2H3,(H,23,27,28)/t19-/m1/s1. The van der Waals surface area contributed by atoms with Crippen LogP contribution >= 0.6 is 0 Å². The van der Waals surface area contributed by atoms with Gasteiger partial charge in [0.2, 0.25) is 11.9 Å². The van der Waals surface area contributed by atoms with Gasteiger partial charge in [-0.1, -0.05) is 0 Å². The summed E-state index contributed by atoms with van der Waals surface area (Å²) in [5.74, 6) is 1.23. The van der Waals surface area contributed by atoms with Crippen LogP contribution in [0.3, 0.4) is 0 Å². The van der Waals surface area contributed by atoms with Gasteiger partial charge >= 0.3 is 0 Å². The molecule has 0 spiro atoms. The predicted molar refractivity (Wildman–Crippen MR) is 113 cm³/mol. The molecule has 1 aliphatic heterocycles. The zero-order valence-electron chi connectivity index (χ0n) is 17.0. The van der Waals surface area contributed by atoms with E-state index < -0.39 is 0 Å². The maximum atomic E-state index is 8.87. The summed E-state index contributed by atoms with van der Waals surface area (Å²) in [4.78, 5) is 26.3. The quantitative estimate of drug-likeness (QED) is 0.667. The molecule has 0 aromatic carbocycles. The van der Waals surface area contributed by atoms with Crippen molar-refractivity contribution in [2.24, 2.45) is 0 Å². The van der Waals surface area contributed by atoms with Gasteiger partial charge in [-0.25, -0.2) is 24.9 Å². The van der Waals surface area contributed by atoms with Crippen molar-refractivity contribution < 1.29 is 0 Å². The van der Waals surface area contributed by atoms with E-state index in [0.29, 0.717) is 17.6 Å². The molecule has 0 unspecified atom stereocenters. The molecule has 9 heteroatoms. The Morgan fingerprint density at radius 3 is 2.67 bits per heavy atom. The van der Waals surface area contributed by atoms with Crippen LogP contribution < -0.4 is 10.2 Å². The number of likely N-dealkylation sites (tertiary alicyclic amines) is 1. The minimum atomic E-state index is 0.223. The number of nitrogens with zero attached hydrogens (tertiary/aromatic N) is 8. The first-order valence-corrected chi connectivity index (χ1v) is 9.81. The van der Waals surface area contributed by atoms with Crippen molar-refractivity contribution in [1.82, 2.24) is 29.8 Å². The van der Waals surface area contributed by atoms with E-state index in [4.69, 9.17) is 10.2 Å². The van der Waals surface area contributed by atoms with E-state index in [-0.39, 0.29) is 6.04 Å². The topological polar surface area (TPSA) is 107 Å². The number of aromatic nitrogens is 5. The van der Waals surface area contributed by atoms with E-state index in [2.05, 4.69) is 30.2 Å². The molecule has 0 aliphatic carbocycles. The molecule has 30 heavy (non-hydrogen) atoms. The SMILES string of the molecule is CN(C)c1ncc(CN2CCC[C@@H]2c2ccnc(Nc3ccc(C#N)nc3)n2)cn1. The molecule has 1 N–H and O–H groups in total. The van der Waals surface area contributed by atoms with Crippen LogP contribution in [0.1, 0.15) is 35.8 Å². The first kappa shape index (κ1) is 19.7. The monoisotopic (exact) mass is 401 g/mol. The molecule has 1 fully saturated rings. The number of nitrogens with one attached hydrogen (secondary N) is 1. The molecular formula is C21H23N9. The minimum absolute atomic E-state index is 0.223. The summed E-state index contributed by atoms with van der Waals surface area (Å²) in [6.07, 6.45) is 9.32. The normalized spacial score (nSPS) is 16.2. The summed E-state index contributed by atoms with van der Waals surface area (Å²) in [6.45, 7) is 1.79. The average molecular weight is 401 g/mol. The number of anilines is 3. The summed E-state index contributed by atoms with van der Waals surface area (Å²) in [5, 5.41) is 12.0. The van der Waals surface area contributed by atoms with Crippen molar-refractivity contribution in [3.05, 3.63) is 59.9 Å². The Bertz CT molecular complexity index is 1030. The molecule has 0 bridgehead atoms. The number of hydrogen-bond donors (Lipinski definition) is 1. The van der Waals surface area contributed by atoms with Crippen LogP contribution in [0.15, 0.2) is 43.0 Å². The third-order valence-electron chi connectivity index (χ3n) is 4.99. The van der Waals surface area contributed by atoms with Crippen molar-refractivity contribution >= 4 is 17.6 Å². The van der Waals surface area contributed by atoms with Crippen molar-refractivity contribution in [1.29, 1.82) is 5.26 Å². The highest BCUT2D eigenvalue weighted by Crippen LogP contribution is 2.32. The molecule has 1 aliphatic rings. The fourth-order valence-electron chi connectivity index (χ4n) is 3.53. The highest BCUT2D eigenvalue weighted by Gasteiger charge is 2.27. The number of rotatable bonds is 6. The summed E-state index contributed by atoms with van der Waals surface area (Å²) >= 11 is 0. The molecule has 9 nitrogen and oxygen atoms in total. The van der Waals surface area contributed by atoms with Gasteiger partial charge in [-0.05, 0) is 37.6 Å². The number of nitriles is 1. The zero-order valence-corrected chi connectivity index (χ0v) is 17.0. The molecule has 4 heterocycles. The number of hydrogen-bond acceptors (Lipinski definition) is 9. The van der Waals surface area contributed by atoms with E-state index in [1.807, 2.05) is 43.5 Å². The van der Waals surface area contributed by atoms with Crippen LogP contribution in [0.4, 0.5) is 17.6 Å². The van der Waals surface area contributed by atoms with E-state index in [0.717, 1.165) is 42.9 Å². The Morgan fingerprint density at radius 1 is 1.13 bits per heavy atom. The fraction of sp³-hybridized carbons (Fsp3) is 0.333.